The quantitative estimate of drug-likeness (QED) is 0.411. The van der Waals surface area contributed by atoms with E-state index in [0.717, 1.165) is 24.8 Å². The predicted octanol–water partition coefficient (Wildman–Crippen LogP) is 1.96. The Kier molecular flexibility index (Phi) is 4.86. The largest absolute Gasteiger partial charge is 0.459 e. The van der Waals surface area contributed by atoms with E-state index >= 15 is 0 Å². The Morgan fingerprint density at radius 1 is 1.32 bits per heavy atom. The van der Waals surface area contributed by atoms with Crippen molar-refractivity contribution in [3.8, 4) is 0 Å². The molecule has 0 aromatic rings. The number of carbonyl (C=O) groups is 1. The van der Waals surface area contributed by atoms with Crippen LogP contribution in [0.3, 0.4) is 0 Å². The molecule has 3 N–H and O–H groups in total. The van der Waals surface area contributed by atoms with Gasteiger partial charge in [0.1, 0.15) is 12.7 Å². The van der Waals surface area contributed by atoms with E-state index in [-0.39, 0.29) is 30.5 Å². The van der Waals surface area contributed by atoms with Crippen molar-refractivity contribution < 1.29 is 24.9 Å². The molecule has 5 nitrogen and oxygen atoms in total. The highest BCUT2D eigenvalue weighted by molar-refractivity contribution is 5.91. The molecule has 5 heteroatoms. The molecular weight excluding hydrogens is 320 g/mol. The number of esters is 1. The van der Waals surface area contributed by atoms with Gasteiger partial charge in [0.15, 0.2) is 0 Å². The average Bonchev–Trinajstić information content (AvgIpc) is 2.89. The predicted molar refractivity (Wildman–Crippen MR) is 93.6 cm³/mol. The summed E-state index contributed by atoms with van der Waals surface area (Å²) in [5.41, 5.74) is 0.911. The molecule has 2 aliphatic carbocycles. The first kappa shape index (κ1) is 18.6. The smallest absolute Gasteiger partial charge is 0.336 e. The van der Waals surface area contributed by atoms with E-state index in [1.165, 1.54) is 0 Å². The van der Waals surface area contributed by atoms with Crippen molar-refractivity contribution in [2.75, 3.05) is 13.2 Å². The SMILES string of the molecule is C=C1CCC2[C@](C)(CO)[C@H](O)CC[C@]2(C)[C@@H]1CC=C1C(=O)OC[C@H]1O. The molecule has 1 heterocycles. The van der Waals surface area contributed by atoms with Crippen LogP contribution in [0.15, 0.2) is 23.8 Å². The highest BCUT2D eigenvalue weighted by atomic mass is 16.6. The van der Waals surface area contributed by atoms with Gasteiger partial charge in [-0.3, -0.25) is 0 Å². The van der Waals surface area contributed by atoms with Crippen LogP contribution in [0.2, 0.25) is 0 Å². The van der Waals surface area contributed by atoms with Crippen LogP contribution in [-0.4, -0.2) is 46.7 Å². The van der Waals surface area contributed by atoms with Gasteiger partial charge >= 0.3 is 5.97 Å². The molecule has 6 atom stereocenters. The maximum absolute atomic E-state index is 11.8. The molecule has 1 saturated heterocycles. The number of hydrogen-bond donors (Lipinski definition) is 3. The summed E-state index contributed by atoms with van der Waals surface area (Å²) in [5.74, 6) is -0.0734. The minimum absolute atomic E-state index is 0.0280. The van der Waals surface area contributed by atoms with Crippen molar-refractivity contribution in [1.82, 2.24) is 0 Å². The minimum atomic E-state index is -0.844. The molecule has 1 aliphatic heterocycles. The number of allylic oxidation sites excluding steroid dienone is 2. The first-order valence-corrected chi connectivity index (χ1v) is 9.26. The van der Waals surface area contributed by atoms with Crippen molar-refractivity contribution in [2.45, 2.75) is 58.2 Å². The van der Waals surface area contributed by atoms with Crippen LogP contribution >= 0.6 is 0 Å². The number of cyclic esters (lactones) is 1. The van der Waals surface area contributed by atoms with Crippen molar-refractivity contribution in [2.24, 2.45) is 22.7 Å². The van der Waals surface area contributed by atoms with Gasteiger partial charge < -0.3 is 20.1 Å². The summed E-state index contributed by atoms with van der Waals surface area (Å²) in [4.78, 5) is 11.8. The number of fused-ring (bicyclic) bond motifs is 1. The van der Waals surface area contributed by atoms with Crippen LogP contribution < -0.4 is 0 Å². The first-order chi connectivity index (χ1) is 11.7. The van der Waals surface area contributed by atoms with Crippen LogP contribution in [0.25, 0.3) is 0 Å². The highest BCUT2D eigenvalue weighted by Crippen LogP contribution is 2.61. The highest BCUT2D eigenvalue weighted by Gasteiger charge is 2.57. The Balaban J connectivity index is 1.89. The number of carbonyl (C=O) groups excluding carboxylic acids is 1. The molecule has 0 radical (unpaired) electrons. The molecule has 0 aromatic heterocycles. The average molecular weight is 350 g/mol. The summed E-state index contributed by atoms with van der Waals surface area (Å²) < 4.78 is 4.90. The monoisotopic (exact) mass is 350 g/mol. The molecule has 0 amide bonds. The maximum Gasteiger partial charge on any atom is 0.336 e. The second-order valence-corrected chi connectivity index (χ2v) is 8.54. The van der Waals surface area contributed by atoms with Crippen molar-refractivity contribution in [3.05, 3.63) is 23.8 Å². The van der Waals surface area contributed by atoms with E-state index in [4.69, 9.17) is 4.74 Å². The van der Waals surface area contributed by atoms with Gasteiger partial charge in [0.25, 0.3) is 0 Å². The van der Waals surface area contributed by atoms with Gasteiger partial charge in [-0.25, -0.2) is 4.79 Å². The molecule has 140 valence electrons. The lowest BCUT2D eigenvalue weighted by Crippen LogP contribution is -2.57. The second-order valence-electron chi connectivity index (χ2n) is 8.54. The number of rotatable bonds is 3. The fraction of sp³-hybridized carbons (Fsp3) is 0.750. The number of ether oxygens (including phenoxy) is 1. The normalized spacial score (nSPS) is 46.2. The van der Waals surface area contributed by atoms with Crippen LogP contribution in [0.5, 0.6) is 0 Å². The van der Waals surface area contributed by atoms with E-state index < -0.39 is 23.6 Å². The Bertz CT molecular complexity index is 597. The molecule has 25 heavy (non-hydrogen) atoms. The Labute approximate surface area is 149 Å². The number of aliphatic hydroxyl groups is 3. The van der Waals surface area contributed by atoms with Crippen molar-refractivity contribution >= 4 is 5.97 Å². The third-order valence-corrected chi connectivity index (χ3v) is 7.23. The molecule has 1 unspecified atom stereocenters. The zero-order chi connectivity index (χ0) is 18.4. The van der Waals surface area contributed by atoms with Gasteiger partial charge in [0.2, 0.25) is 0 Å². The molecule has 0 aromatic carbocycles. The number of aliphatic hydroxyl groups excluding tert-OH is 3. The first-order valence-electron chi connectivity index (χ1n) is 9.26. The fourth-order valence-corrected chi connectivity index (χ4v) is 5.56. The van der Waals surface area contributed by atoms with Gasteiger partial charge in [0, 0.05) is 5.41 Å². The topological polar surface area (TPSA) is 87.0 Å². The Morgan fingerprint density at radius 3 is 2.64 bits per heavy atom. The van der Waals surface area contributed by atoms with Crippen molar-refractivity contribution in [3.63, 3.8) is 0 Å². The fourth-order valence-electron chi connectivity index (χ4n) is 5.56. The zero-order valence-electron chi connectivity index (χ0n) is 15.2. The van der Waals surface area contributed by atoms with Gasteiger partial charge in [-0.05, 0) is 49.4 Å². The number of hydrogen-bond acceptors (Lipinski definition) is 5. The second kappa shape index (κ2) is 6.53. The van der Waals surface area contributed by atoms with Crippen molar-refractivity contribution in [1.29, 1.82) is 0 Å². The molecule has 3 fully saturated rings. The Hall–Kier alpha value is -1.17. The lowest BCUT2D eigenvalue weighted by atomic mass is 9.46. The third-order valence-electron chi connectivity index (χ3n) is 7.23. The lowest BCUT2D eigenvalue weighted by molar-refractivity contribution is -0.151. The van der Waals surface area contributed by atoms with E-state index in [0.29, 0.717) is 18.4 Å². The summed E-state index contributed by atoms with van der Waals surface area (Å²) in [7, 11) is 0. The Morgan fingerprint density at radius 2 is 2.04 bits per heavy atom. The minimum Gasteiger partial charge on any atom is -0.459 e. The standard InChI is InChI=1S/C20H30O5/c1-12-4-7-16-19(2,9-8-17(23)20(16,3)11-21)14(12)6-5-13-15(22)10-25-18(13)24/h5,14-17,21-23H,1,4,6-11H2,2-3H3/t14-,15-,16?,17-,19-,20+/m1/s1. The van der Waals surface area contributed by atoms with E-state index in [9.17, 15) is 20.1 Å². The maximum atomic E-state index is 11.8. The summed E-state index contributed by atoms with van der Waals surface area (Å²) in [6.45, 7) is 8.50. The molecule has 2 saturated carbocycles. The zero-order valence-corrected chi connectivity index (χ0v) is 15.2. The summed E-state index contributed by atoms with van der Waals surface area (Å²) in [5, 5.41) is 30.4. The van der Waals surface area contributed by atoms with Gasteiger partial charge in [0.05, 0.1) is 18.3 Å². The molecule has 0 bridgehead atoms. The van der Waals surface area contributed by atoms with Crippen LogP contribution in [-0.2, 0) is 9.53 Å². The van der Waals surface area contributed by atoms with Gasteiger partial charge in [-0.2, -0.15) is 0 Å². The molecule has 3 aliphatic rings. The molecular formula is C20H30O5. The van der Waals surface area contributed by atoms with Crippen LogP contribution in [0.4, 0.5) is 0 Å². The lowest BCUT2D eigenvalue weighted by Gasteiger charge is -2.59. The third kappa shape index (κ3) is 2.86. The van der Waals surface area contributed by atoms with E-state index in [1.807, 2.05) is 13.0 Å². The molecule has 3 rings (SSSR count). The summed E-state index contributed by atoms with van der Waals surface area (Å²) in [6, 6.07) is 0. The molecule has 0 spiro atoms. The van der Waals surface area contributed by atoms with E-state index in [1.54, 1.807) is 0 Å². The van der Waals surface area contributed by atoms with Gasteiger partial charge in [-0.15, -0.1) is 0 Å². The van der Waals surface area contributed by atoms with Crippen LogP contribution in [0.1, 0.15) is 46.0 Å². The van der Waals surface area contributed by atoms with E-state index in [2.05, 4.69) is 13.5 Å². The summed E-state index contributed by atoms with van der Waals surface area (Å²) in [6.07, 6.45) is 4.42. The summed E-state index contributed by atoms with van der Waals surface area (Å²) >= 11 is 0. The van der Waals surface area contributed by atoms with Gasteiger partial charge in [-0.1, -0.05) is 32.1 Å². The van der Waals surface area contributed by atoms with Crippen LogP contribution in [0, 0.1) is 22.7 Å².